The molecule has 0 saturated carbocycles. The third-order valence-electron chi connectivity index (χ3n) is 4.80. The van der Waals surface area contributed by atoms with E-state index >= 15 is 0 Å². The second-order valence-corrected chi connectivity index (χ2v) is 7.65. The minimum absolute atomic E-state index is 0.140. The lowest BCUT2D eigenvalue weighted by Crippen LogP contribution is -2.32. The zero-order chi connectivity index (χ0) is 16.9. The van der Waals surface area contributed by atoms with Gasteiger partial charge >= 0.3 is 15.6 Å². The Kier molecular flexibility index (Phi) is 3.87. The maximum atomic E-state index is 12.6. The van der Waals surface area contributed by atoms with Crippen molar-refractivity contribution >= 4 is 10.1 Å². The number of benzene rings is 1. The molecule has 8 heteroatoms. The van der Waals surface area contributed by atoms with E-state index in [1.54, 1.807) is 6.07 Å². The van der Waals surface area contributed by atoms with Gasteiger partial charge in [-0.1, -0.05) is 6.07 Å². The molecule has 3 rings (SSSR count). The molecule has 1 spiro atoms. The first-order chi connectivity index (χ1) is 10.7. The zero-order valence-electron chi connectivity index (χ0n) is 12.6. The van der Waals surface area contributed by atoms with E-state index in [-0.39, 0.29) is 11.2 Å². The SMILES string of the molecule is Cc1ccc(OS(=O)(=O)C(F)(F)F)c2c1C1(CCOCC1)CC2. The third kappa shape index (κ3) is 2.71. The van der Waals surface area contributed by atoms with Crippen LogP contribution < -0.4 is 4.18 Å². The maximum absolute atomic E-state index is 12.6. The first-order valence-corrected chi connectivity index (χ1v) is 8.79. The fourth-order valence-corrected chi connectivity index (χ4v) is 4.21. The smallest absolute Gasteiger partial charge is 0.381 e. The summed E-state index contributed by atoms with van der Waals surface area (Å²) >= 11 is 0. The molecule has 0 atom stereocenters. The molecule has 1 saturated heterocycles. The average Bonchev–Trinajstić information content (AvgIpc) is 2.82. The van der Waals surface area contributed by atoms with Crippen molar-refractivity contribution in [1.29, 1.82) is 0 Å². The Balaban J connectivity index is 2.04. The quantitative estimate of drug-likeness (QED) is 0.607. The van der Waals surface area contributed by atoms with Crippen LogP contribution in [-0.2, 0) is 26.7 Å². The van der Waals surface area contributed by atoms with Crippen LogP contribution in [0.4, 0.5) is 13.2 Å². The van der Waals surface area contributed by atoms with Gasteiger partial charge in [-0.25, -0.2) is 0 Å². The van der Waals surface area contributed by atoms with Crippen molar-refractivity contribution in [3.63, 3.8) is 0 Å². The van der Waals surface area contributed by atoms with E-state index in [0.717, 1.165) is 30.4 Å². The van der Waals surface area contributed by atoms with Gasteiger partial charge in [-0.15, -0.1) is 0 Å². The van der Waals surface area contributed by atoms with Crippen molar-refractivity contribution < 1.29 is 30.5 Å². The summed E-state index contributed by atoms with van der Waals surface area (Å²) in [5.74, 6) is -0.203. The van der Waals surface area contributed by atoms with Crippen LogP contribution in [0.5, 0.6) is 5.75 Å². The third-order valence-corrected chi connectivity index (χ3v) is 5.76. The van der Waals surface area contributed by atoms with Crippen LogP contribution in [0.3, 0.4) is 0 Å². The molecule has 0 bridgehead atoms. The fourth-order valence-electron chi connectivity index (χ4n) is 3.73. The Morgan fingerprint density at radius 1 is 1.17 bits per heavy atom. The molecule has 1 aromatic rings. The van der Waals surface area contributed by atoms with Gasteiger partial charge < -0.3 is 8.92 Å². The van der Waals surface area contributed by atoms with Crippen LogP contribution in [0.15, 0.2) is 12.1 Å². The highest BCUT2D eigenvalue weighted by atomic mass is 32.2. The molecule has 0 unspecified atom stereocenters. The monoisotopic (exact) mass is 350 g/mol. The largest absolute Gasteiger partial charge is 0.534 e. The van der Waals surface area contributed by atoms with Crippen molar-refractivity contribution in [3.05, 3.63) is 28.8 Å². The lowest BCUT2D eigenvalue weighted by Gasteiger charge is -2.35. The molecular formula is C15H17F3O4S. The number of hydrogen-bond acceptors (Lipinski definition) is 4. The molecule has 4 nitrogen and oxygen atoms in total. The van der Waals surface area contributed by atoms with Crippen LogP contribution in [0.25, 0.3) is 0 Å². The molecule has 0 radical (unpaired) electrons. The number of fused-ring (bicyclic) bond motifs is 2. The van der Waals surface area contributed by atoms with Gasteiger partial charge in [0.1, 0.15) is 5.75 Å². The normalized spacial score (nSPS) is 20.5. The predicted molar refractivity (Wildman–Crippen MR) is 76.8 cm³/mol. The molecule has 1 heterocycles. The highest BCUT2D eigenvalue weighted by Gasteiger charge is 2.50. The molecule has 1 aliphatic heterocycles. The topological polar surface area (TPSA) is 52.6 Å². The molecule has 2 aliphatic rings. The van der Waals surface area contributed by atoms with Gasteiger partial charge in [-0.3, -0.25) is 0 Å². The van der Waals surface area contributed by atoms with Gasteiger partial charge in [-0.2, -0.15) is 21.6 Å². The molecule has 1 fully saturated rings. The van der Waals surface area contributed by atoms with Crippen LogP contribution in [0, 0.1) is 6.92 Å². The Bertz CT molecular complexity index is 719. The van der Waals surface area contributed by atoms with E-state index in [4.69, 9.17) is 4.74 Å². The summed E-state index contributed by atoms with van der Waals surface area (Å²) in [4.78, 5) is 0. The van der Waals surface area contributed by atoms with Crippen molar-refractivity contribution in [3.8, 4) is 5.75 Å². The lowest BCUT2D eigenvalue weighted by molar-refractivity contribution is -0.0500. The minimum Gasteiger partial charge on any atom is -0.381 e. The van der Waals surface area contributed by atoms with Crippen LogP contribution >= 0.6 is 0 Å². The fraction of sp³-hybridized carbons (Fsp3) is 0.600. The number of halogens is 3. The van der Waals surface area contributed by atoms with Crippen LogP contribution in [-0.4, -0.2) is 27.1 Å². The Hall–Kier alpha value is -1.28. The highest BCUT2D eigenvalue weighted by molar-refractivity contribution is 7.88. The zero-order valence-corrected chi connectivity index (χ0v) is 13.4. The summed E-state index contributed by atoms with van der Waals surface area (Å²) in [6, 6.07) is 2.94. The number of hydrogen-bond donors (Lipinski definition) is 0. The van der Waals surface area contributed by atoms with Gasteiger partial charge in [0.15, 0.2) is 0 Å². The molecule has 1 aromatic carbocycles. The number of alkyl halides is 3. The highest BCUT2D eigenvalue weighted by Crippen LogP contribution is 2.50. The summed E-state index contributed by atoms with van der Waals surface area (Å²) < 4.78 is 70.1. The van der Waals surface area contributed by atoms with Crippen molar-refractivity contribution in [2.24, 2.45) is 0 Å². The van der Waals surface area contributed by atoms with Gasteiger partial charge in [0.2, 0.25) is 0 Å². The van der Waals surface area contributed by atoms with E-state index in [2.05, 4.69) is 4.18 Å². The maximum Gasteiger partial charge on any atom is 0.534 e. The van der Waals surface area contributed by atoms with Crippen LogP contribution in [0.1, 0.15) is 36.0 Å². The number of rotatable bonds is 2. The van der Waals surface area contributed by atoms with Gasteiger partial charge in [0.25, 0.3) is 0 Å². The van der Waals surface area contributed by atoms with Crippen LogP contribution in [0.2, 0.25) is 0 Å². The standard InChI is InChI=1S/C15H17F3O4S/c1-10-2-3-12(22-23(19,20)15(16,17)18)11-4-5-14(13(10)11)6-8-21-9-7-14/h2-3H,4-9H2,1H3. The minimum atomic E-state index is -5.65. The van der Waals surface area contributed by atoms with E-state index in [1.807, 2.05) is 6.92 Å². The van der Waals surface area contributed by atoms with E-state index in [0.29, 0.717) is 25.2 Å². The van der Waals surface area contributed by atoms with Gasteiger partial charge in [0, 0.05) is 18.6 Å². The first-order valence-electron chi connectivity index (χ1n) is 7.38. The Labute approximate surface area is 132 Å². The van der Waals surface area contributed by atoms with E-state index < -0.39 is 15.6 Å². The molecule has 0 aromatic heterocycles. The van der Waals surface area contributed by atoms with Gasteiger partial charge in [-0.05, 0) is 55.4 Å². The molecule has 23 heavy (non-hydrogen) atoms. The summed E-state index contributed by atoms with van der Waals surface area (Å²) in [5.41, 5.74) is -3.09. The lowest BCUT2D eigenvalue weighted by atomic mass is 9.74. The summed E-state index contributed by atoms with van der Waals surface area (Å²) in [5, 5.41) is 0. The van der Waals surface area contributed by atoms with E-state index in [1.165, 1.54) is 6.07 Å². The van der Waals surface area contributed by atoms with Crippen molar-refractivity contribution in [2.45, 2.75) is 43.5 Å². The summed E-state index contributed by atoms with van der Waals surface area (Å²) in [6.07, 6.45) is 2.87. The summed E-state index contributed by atoms with van der Waals surface area (Å²) in [6.45, 7) is 3.10. The Morgan fingerprint density at radius 2 is 1.83 bits per heavy atom. The first kappa shape index (κ1) is 16.6. The van der Waals surface area contributed by atoms with Gasteiger partial charge in [0.05, 0.1) is 0 Å². The predicted octanol–water partition coefficient (Wildman–Crippen LogP) is 3.22. The van der Waals surface area contributed by atoms with E-state index in [9.17, 15) is 21.6 Å². The molecule has 0 amide bonds. The second-order valence-electron chi connectivity index (χ2n) is 6.11. The van der Waals surface area contributed by atoms with Crippen molar-refractivity contribution in [2.75, 3.05) is 13.2 Å². The molecule has 0 N–H and O–H groups in total. The summed E-state index contributed by atoms with van der Waals surface area (Å²) in [7, 11) is -5.65. The van der Waals surface area contributed by atoms with Crippen molar-refractivity contribution in [1.82, 2.24) is 0 Å². The second kappa shape index (κ2) is 5.37. The average molecular weight is 350 g/mol. The number of aryl methyl sites for hydroxylation is 1. The Morgan fingerprint density at radius 3 is 2.43 bits per heavy atom. The molecule has 1 aliphatic carbocycles. The molecule has 128 valence electrons. The number of ether oxygens (including phenoxy) is 1. The molecular weight excluding hydrogens is 333 g/mol.